The zero-order valence-corrected chi connectivity index (χ0v) is 10.9. The van der Waals surface area contributed by atoms with Crippen molar-refractivity contribution in [3.05, 3.63) is 78.9 Å². The van der Waals surface area contributed by atoms with E-state index in [2.05, 4.69) is 54.6 Å². The van der Waals surface area contributed by atoms with Crippen molar-refractivity contribution < 1.29 is 0 Å². The first-order chi connectivity index (χ1) is 9.92. The van der Waals surface area contributed by atoms with Gasteiger partial charge >= 0.3 is 0 Å². The number of hydrogen-bond donors (Lipinski definition) is 0. The van der Waals surface area contributed by atoms with Crippen molar-refractivity contribution in [2.24, 2.45) is 0 Å². The highest BCUT2D eigenvalue weighted by atomic mass is 14.7. The molecule has 3 aromatic carbocycles. The number of pyridine rings is 1. The molecule has 4 aromatic rings. The van der Waals surface area contributed by atoms with Gasteiger partial charge in [-0.1, -0.05) is 48.5 Å². The molecule has 0 amide bonds. The molecule has 20 heavy (non-hydrogen) atoms. The van der Waals surface area contributed by atoms with Gasteiger partial charge in [-0.05, 0) is 41.5 Å². The SMILES string of the molecule is [c]1cccc(-c2cccc3nc4ccccc4cc23)c1. The third-order valence-electron chi connectivity index (χ3n) is 3.58. The van der Waals surface area contributed by atoms with Crippen molar-refractivity contribution in [1.82, 2.24) is 4.98 Å². The maximum atomic E-state index is 4.75. The molecule has 0 aliphatic carbocycles. The van der Waals surface area contributed by atoms with Crippen LogP contribution in [-0.4, -0.2) is 4.98 Å². The fourth-order valence-corrected chi connectivity index (χ4v) is 2.61. The van der Waals surface area contributed by atoms with Gasteiger partial charge in [0.15, 0.2) is 0 Å². The van der Waals surface area contributed by atoms with Crippen LogP contribution in [0, 0.1) is 6.07 Å². The minimum Gasteiger partial charge on any atom is -0.248 e. The Bertz CT molecular complexity index is 895. The standard InChI is InChI=1S/C19H12N/c1-2-7-14(8-3-1)16-10-6-12-19-17(16)13-15-9-4-5-11-18(15)20-19/h1-2,4-13H. The number of hydrogen-bond acceptors (Lipinski definition) is 1. The van der Waals surface area contributed by atoms with Gasteiger partial charge in [0.25, 0.3) is 0 Å². The molecule has 93 valence electrons. The van der Waals surface area contributed by atoms with Crippen LogP contribution in [0.25, 0.3) is 32.9 Å². The molecule has 0 aliphatic rings. The molecular formula is C19H12N. The third kappa shape index (κ3) is 1.76. The summed E-state index contributed by atoms with van der Waals surface area (Å²) < 4.78 is 0. The lowest BCUT2D eigenvalue weighted by Crippen LogP contribution is -1.85. The minimum atomic E-state index is 1.03. The van der Waals surface area contributed by atoms with Gasteiger partial charge in [-0.3, -0.25) is 0 Å². The van der Waals surface area contributed by atoms with Crippen LogP contribution in [0.4, 0.5) is 0 Å². The Morgan fingerprint density at radius 1 is 0.800 bits per heavy atom. The van der Waals surface area contributed by atoms with E-state index in [9.17, 15) is 0 Å². The Labute approximate surface area is 117 Å². The number of nitrogens with zero attached hydrogens (tertiary/aromatic N) is 1. The van der Waals surface area contributed by atoms with Crippen molar-refractivity contribution in [3.8, 4) is 11.1 Å². The van der Waals surface area contributed by atoms with Crippen molar-refractivity contribution in [2.75, 3.05) is 0 Å². The molecule has 1 heterocycles. The summed E-state index contributed by atoms with van der Waals surface area (Å²) in [6.45, 7) is 0. The molecule has 0 unspecified atom stereocenters. The van der Waals surface area contributed by atoms with Crippen LogP contribution in [0.1, 0.15) is 0 Å². The van der Waals surface area contributed by atoms with Gasteiger partial charge in [-0.25, -0.2) is 4.98 Å². The first-order valence-corrected chi connectivity index (χ1v) is 6.67. The van der Waals surface area contributed by atoms with Crippen LogP contribution < -0.4 is 0 Å². The average Bonchev–Trinajstić information content (AvgIpc) is 2.53. The molecule has 0 saturated heterocycles. The second-order valence-corrected chi connectivity index (χ2v) is 4.85. The molecule has 0 saturated carbocycles. The number of para-hydroxylation sites is 1. The number of fused-ring (bicyclic) bond motifs is 2. The molecule has 0 N–H and O–H groups in total. The summed E-state index contributed by atoms with van der Waals surface area (Å²) in [6.07, 6.45) is 0. The van der Waals surface area contributed by atoms with Gasteiger partial charge in [0, 0.05) is 10.8 Å². The lowest BCUT2D eigenvalue weighted by Gasteiger charge is -2.07. The largest absolute Gasteiger partial charge is 0.248 e. The summed E-state index contributed by atoms with van der Waals surface area (Å²) in [5.41, 5.74) is 4.45. The van der Waals surface area contributed by atoms with Gasteiger partial charge in [0.1, 0.15) is 0 Å². The zero-order valence-electron chi connectivity index (χ0n) is 10.9. The van der Waals surface area contributed by atoms with Crippen molar-refractivity contribution in [2.45, 2.75) is 0 Å². The fourth-order valence-electron chi connectivity index (χ4n) is 2.61. The van der Waals surface area contributed by atoms with Crippen molar-refractivity contribution in [3.63, 3.8) is 0 Å². The van der Waals surface area contributed by atoms with Gasteiger partial charge in [0.05, 0.1) is 11.0 Å². The van der Waals surface area contributed by atoms with E-state index in [-0.39, 0.29) is 0 Å². The van der Waals surface area contributed by atoms with Gasteiger partial charge in [-0.15, -0.1) is 0 Å². The Hall–Kier alpha value is -2.67. The maximum Gasteiger partial charge on any atom is 0.0715 e. The summed E-state index contributed by atoms with van der Waals surface area (Å²) >= 11 is 0. The summed E-state index contributed by atoms with van der Waals surface area (Å²) in [5.74, 6) is 0. The first kappa shape index (κ1) is 11.2. The highest BCUT2D eigenvalue weighted by Gasteiger charge is 2.05. The number of aromatic nitrogens is 1. The molecule has 1 aromatic heterocycles. The Balaban J connectivity index is 2.09. The number of benzene rings is 3. The van der Waals surface area contributed by atoms with E-state index < -0.39 is 0 Å². The van der Waals surface area contributed by atoms with Crippen LogP contribution in [0.2, 0.25) is 0 Å². The summed E-state index contributed by atoms with van der Waals surface area (Å²) in [4.78, 5) is 4.75. The predicted octanol–water partition coefficient (Wildman–Crippen LogP) is 4.86. The zero-order chi connectivity index (χ0) is 13.4. The topological polar surface area (TPSA) is 12.9 Å². The molecule has 4 rings (SSSR count). The van der Waals surface area contributed by atoms with E-state index in [1.165, 1.54) is 21.9 Å². The van der Waals surface area contributed by atoms with E-state index in [0.717, 1.165) is 11.0 Å². The molecule has 0 bridgehead atoms. The highest BCUT2D eigenvalue weighted by molar-refractivity contribution is 6.00. The van der Waals surface area contributed by atoms with Crippen LogP contribution in [0.15, 0.2) is 72.8 Å². The smallest absolute Gasteiger partial charge is 0.0715 e. The molecule has 0 aliphatic heterocycles. The normalized spacial score (nSPS) is 11.0. The van der Waals surface area contributed by atoms with E-state index in [4.69, 9.17) is 4.98 Å². The van der Waals surface area contributed by atoms with Crippen molar-refractivity contribution in [1.29, 1.82) is 0 Å². The van der Waals surface area contributed by atoms with E-state index >= 15 is 0 Å². The molecule has 1 heteroatoms. The average molecular weight is 254 g/mol. The minimum absolute atomic E-state index is 1.03. The second-order valence-electron chi connectivity index (χ2n) is 4.85. The van der Waals surface area contributed by atoms with Crippen LogP contribution in [-0.2, 0) is 0 Å². The molecule has 0 fully saturated rings. The van der Waals surface area contributed by atoms with E-state index in [1.54, 1.807) is 0 Å². The molecule has 1 radical (unpaired) electrons. The second kappa shape index (κ2) is 4.46. The third-order valence-corrected chi connectivity index (χ3v) is 3.58. The summed E-state index contributed by atoms with van der Waals surface area (Å²) in [5, 5.41) is 2.36. The summed E-state index contributed by atoms with van der Waals surface area (Å²) in [7, 11) is 0. The fraction of sp³-hybridized carbons (Fsp3) is 0. The van der Waals surface area contributed by atoms with E-state index in [1.807, 2.05) is 24.3 Å². The van der Waals surface area contributed by atoms with Crippen LogP contribution in [0.5, 0.6) is 0 Å². The Kier molecular flexibility index (Phi) is 2.49. The van der Waals surface area contributed by atoms with E-state index in [0.29, 0.717) is 0 Å². The monoisotopic (exact) mass is 254 g/mol. The molecule has 1 nitrogen and oxygen atoms in total. The lowest BCUT2D eigenvalue weighted by atomic mass is 9.99. The summed E-state index contributed by atoms with van der Waals surface area (Å²) in [6, 6.07) is 27.9. The van der Waals surface area contributed by atoms with Gasteiger partial charge in [-0.2, -0.15) is 0 Å². The van der Waals surface area contributed by atoms with Crippen LogP contribution in [0.3, 0.4) is 0 Å². The van der Waals surface area contributed by atoms with Gasteiger partial charge in [0.2, 0.25) is 0 Å². The van der Waals surface area contributed by atoms with Crippen LogP contribution >= 0.6 is 0 Å². The number of rotatable bonds is 1. The Morgan fingerprint density at radius 3 is 2.60 bits per heavy atom. The first-order valence-electron chi connectivity index (χ1n) is 6.67. The maximum absolute atomic E-state index is 4.75. The van der Waals surface area contributed by atoms with Crippen molar-refractivity contribution >= 4 is 21.8 Å². The molecule has 0 spiro atoms. The molecular weight excluding hydrogens is 242 g/mol. The van der Waals surface area contributed by atoms with Gasteiger partial charge < -0.3 is 0 Å². The highest BCUT2D eigenvalue weighted by Crippen LogP contribution is 2.29. The predicted molar refractivity (Wildman–Crippen MR) is 83.5 cm³/mol. The quantitative estimate of drug-likeness (QED) is 0.442. The lowest BCUT2D eigenvalue weighted by molar-refractivity contribution is 1.49. The Morgan fingerprint density at radius 2 is 1.70 bits per heavy atom. The molecule has 0 atom stereocenters.